The molecule has 0 aliphatic carbocycles. The van der Waals surface area contributed by atoms with Crippen molar-refractivity contribution < 1.29 is 22.0 Å². The van der Waals surface area contributed by atoms with Gasteiger partial charge in [0.2, 0.25) is 15.7 Å². The first-order valence-corrected chi connectivity index (χ1v) is 6.48. The predicted octanol–water partition coefficient (Wildman–Crippen LogP) is 0.969. The zero-order chi connectivity index (χ0) is 13.9. The van der Waals surface area contributed by atoms with Gasteiger partial charge in [-0.2, -0.15) is 8.78 Å². The number of alkyl halides is 2. The first kappa shape index (κ1) is 14.4. The van der Waals surface area contributed by atoms with E-state index in [-0.39, 0.29) is 5.69 Å². The molecule has 3 N–H and O–H groups in total. The molecule has 1 unspecified atom stereocenters. The van der Waals surface area contributed by atoms with E-state index >= 15 is 0 Å². The van der Waals surface area contributed by atoms with E-state index in [2.05, 4.69) is 5.32 Å². The molecular formula is C10H12F2N2O3S. The molecule has 1 aromatic carbocycles. The molecular weight excluding hydrogens is 266 g/mol. The van der Waals surface area contributed by atoms with Gasteiger partial charge in [-0.05, 0) is 19.1 Å². The number of hydrogen-bond donors (Lipinski definition) is 2. The minimum absolute atomic E-state index is 0.0795. The van der Waals surface area contributed by atoms with Crippen LogP contribution < -0.4 is 11.1 Å². The lowest BCUT2D eigenvalue weighted by Gasteiger charge is -2.15. The number of carbonyl (C=O) groups excluding carboxylic acids is 1. The summed E-state index contributed by atoms with van der Waals surface area (Å²) in [7, 11) is -4.73. The molecule has 1 amide bonds. The van der Waals surface area contributed by atoms with E-state index in [1.165, 1.54) is 25.1 Å². The van der Waals surface area contributed by atoms with Crippen LogP contribution in [0.1, 0.15) is 6.92 Å². The standard InChI is InChI=1S/C10H12F2N2O3S/c1-6(9(13)15)14-7-4-2-3-5-8(7)18(16,17)10(11)12/h2-6,10,14H,1H3,(H2,13,15). The number of carbonyl (C=O) groups is 1. The molecule has 1 aromatic rings. The van der Waals surface area contributed by atoms with E-state index in [9.17, 15) is 22.0 Å². The molecule has 0 radical (unpaired) electrons. The van der Waals surface area contributed by atoms with Crippen molar-refractivity contribution in [2.45, 2.75) is 23.6 Å². The van der Waals surface area contributed by atoms with Crippen LogP contribution in [-0.2, 0) is 14.6 Å². The number of sulfone groups is 1. The van der Waals surface area contributed by atoms with Gasteiger partial charge < -0.3 is 11.1 Å². The zero-order valence-electron chi connectivity index (χ0n) is 9.43. The Morgan fingerprint density at radius 3 is 2.39 bits per heavy atom. The van der Waals surface area contributed by atoms with E-state index < -0.39 is 32.4 Å². The summed E-state index contributed by atoms with van der Waals surface area (Å²) in [5.74, 6) is -4.25. The van der Waals surface area contributed by atoms with Crippen LogP contribution in [0.25, 0.3) is 0 Å². The Kier molecular flexibility index (Phi) is 4.23. The molecule has 0 aromatic heterocycles. The Hall–Kier alpha value is -1.70. The average molecular weight is 278 g/mol. The average Bonchev–Trinajstić information content (AvgIpc) is 2.29. The normalized spacial score (nSPS) is 13.3. The number of primary amides is 1. The van der Waals surface area contributed by atoms with Crippen molar-refractivity contribution >= 4 is 21.4 Å². The number of rotatable bonds is 5. The van der Waals surface area contributed by atoms with Crippen molar-refractivity contribution in [2.75, 3.05) is 5.32 Å². The predicted molar refractivity (Wildman–Crippen MR) is 61.9 cm³/mol. The molecule has 100 valence electrons. The topological polar surface area (TPSA) is 89.3 Å². The monoisotopic (exact) mass is 278 g/mol. The Balaban J connectivity index is 3.20. The van der Waals surface area contributed by atoms with Crippen LogP contribution in [0.5, 0.6) is 0 Å². The highest BCUT2D eigenvalue weighted by Gasteiger charge is 2.29. The Bertz CT molecular complexity index is 546. The van der Waals surface area contributed by atoms with E-state index in [1.807, 2.05) is 0 Å². The third kappa shape index (κ3) is 2.95. The maximum atomic E-state index is 12.5. The molecule has 18 heavy (non-hydrogen) atoms. The summed E-state index contributed by atoms with van der Waals surface area (Å²) in [4.78, 5) is 10.3. The SMILES string of the molecule is CC(Nc1ccccc1S(=O)(=O)C(F)F)C(N)=O. The molecule has 0 aliphatic heterocycles. The molecule has 0 spiro atoms. The first-order valence-electron chi connectivity index (χ1n) is 4.93. The number of halogens is 2. The number of benzene rings is 1. The van der Waals surface area contributed by atoms with E-state index in [1.54, 1.807) is 0 Å². The first-order chi connectivity index (χ1) is 8.26. The highest BCUT2D eigenvalue weighted by atomic mass is 32.2. The van der Waals surface area contributed by atoms with Crippen molar-refractivity contribution in [3.8, 4) is 0 Å². The lowest BCUT2D eigenvalue weighted by molar-refractivity contribution is -0.118. The number of anilines is 1. The van der Waals surface area contributed by atoms with Crippen LogP contribution in [0.15, 0.2) is 29.2 Å². The minimum atomic E-state index is -4.73. The van der Waals surface area contributed by atoms with Crippen LogP contribution in [0.4, 0.5) is 14.5 Å². The molecule has 5 nitrogen and oxygen atoms in total. The van der Waals surface area contributed by atoms with Crippen molar-refractivity contribution in [3.63, 3.8) is 0 Å². The van der Waals surface area contributed by atoms with E-state index in [4.69, 9.17) is 5.73 Å². The fourth-order valence-electron chi connectivity index (χ4n) is 1.23. The molecule has 1 rings (SSSR count). The van der Waals surface area contributed by atoms with Gasteiger partial charge in [0.1, 0.15) is 6.04 Å². The van der Waals surface area contributed by atoms with Crippen LogP contribution in [-0.4, -0.2) is 26.1 Å². The minimum Gasteiger partial charge on any atom is -0.373 e. The Morgan fingerprint density at radius 1 is 1.33 bits per heavy atom. The Labute approximate surface area is 103 Å². The van der Waals surface area contributed by atoms with E-state index in [0.29, 0.717) is 0 Å². The maximum Gasteiger partial charge on any atom is 0.341 e. The summed E-state index contributed by atoms with van der Waals surface area (Å²) < 4.78 is 47.7. The van der Waals surface area contributed by atoms with Gasteiger partial charge in [-0.3, -0.25) is 4.79 Å². The maximum absolute atomic E-state index is 12.5. The lowest BCUT2D eigenvalue weighted by Crippen LogP contribution is -2.33. The number of amides is 1. The molecule has 0 fully saturated rings. The summed E-state index contributed by atoms with van der Waals surface area (Å²) in [5.41, 5.74) is 4.92. The fraction of sp³-hybridized carbons (Fsp3) is 0.300. The number of nitrogens with one attached hydrogen (secondary N) is 1. The number of para-hydroxylation sites is 1. The molecule has 0 aliphatic rings. The van der Waals surface area contributed by atoms with Gasteiger partial charge in [0.15, 0.2) is 0 Å². The van der Waals surface area contributed by atoms with E-state index in [0.717, 1.165) is 6.07 Å². The molecule has 0 saturated carbocycles. The summed E-state index contributed by atoms with van der Waals surface area (Å²) in [6, 6.07) is 4.22. The number of hydrogen-bond acceptors (Lipinski definition) is 4. The second kappa shape index (κ2) is 5.30. The summed E-state index contributed by atoms with van der Waals surface area (Å²) in [6.07, 6.45) is 0. The van der Waals surface area contributed by atoms with Crippen LogP contribution in [0.3, 0.4) is 0 Å². The second-order valence-corrected chi connectivity index (χ2v) is 5.46. The lowest BCUT2D eigenvalue weighted by atomic mass is 10.2. The van der Waals surface area contributed by atoms with Crippen molar-refractivity contribution in [2.24, 2.45) is 5.73 Å². The van der Waals surface area contributed by atoms with Crippen LogP contribution in [0, 0.1) is 0 Å². The van der Waals surface area contributed by atoms with Gasteiger partial charge in [0, 0.05) is 0 Å². The fourth-order valence-corrected chi connectivity index (χ4v) is 2.13. The van der Waals surface area contributed by atoms with Gasteiger partial charge in [-0.25, -0.2) is 8.42 Å². The van der Waals surface area contributed by atoms with Crippen LogP contribution >= 0.6 is 0 Å². The second-order valence-electron chi connectivity index (χ2n) is 3.57. The zero-order valence-corrected chi connectivity index (χ0v) is 10.2. The third-order valence-corrected chi connectivity index (χ3v) is 3.67. The van der Waals surface area contributed by atoms with Crippen molar-refractivity contribution in [1.82, 2.24) is 0 Å². The quantitative estimate of drug-likeness (QED) is 0.839. The molecule has 0 heterocycles. The third-order valence-electron chi connectivity index (χ3n) is 2.23. The summed E-state index contributed by atoms with van der Waals surface area (Å²) in [5, 5.41) is 2.48. The summed E-state index contributed by atoms with van der Waals surface area (Å²) in [6.45, 7) is 1.40. The molecule has 0 saturated heterocycles. The van der Waals surface area contributed by atoms with Crippen molar-refractivity contribution in [1.29, 1.82) is 0 Å². The van der Waals surface area contributed by atoms with Gasteiger partial charge in [0.25, 0.3) is 0 Å². The molecule has 1 atom stereocenters. The van der Waals surface area contributed by atoms with Crippen LogP contribution in [0.2, 0.25) is 0 Å². The van der Waals surface area contributed by atoms with Gasteiger partial charge in [0.05, 0.1) is 10.6 Å². The van der Waals surface area contributed by atoms with Gasteiger partial charge in [-0.15, -0.1) is 0 Å². The molecule has 8 heteroatoms. The largest absolute Gasteiger partial charge is 0.373 e. The highest BCUT2D eigenvalue weighted by molar-refractivity contribution is 7.91. The smallest absolute Gasteiger partial charge is 0.341 e. The van der Waals surface area contributed by atoms with Gasteiger partial charge >= 0.3 is 5.76 Å². The van der Waals surface area contributed by atoms with Gasteiger partial charge in [-0.1, -0.05) is 12.1 Å². The Morgan fingerprint density at radius 2 is 1.89 bits per heavy atom. The number of nitrogens with two attached hydrogens (primary N) is 1. The summed E-state index contributed by atoms with van der Waals surface area (Å²) >= 11 is 0. The highest BCUT2D eigenvalue weighted by Crippen LogP contribution is 2.26. The molecule has 0 bridgehead atoms. The van der Waals surface area contributed by atoms with Crippen molar-refractivity contribution in [3.05, 3.63) is 24.3 Å².